The van der Waals surface area contributed by atoms with Crippen LogP contribution in [0.5, 0.6) is 5.75 Å². The molecule has 2 rings (SSSR count). The predicted octanol–water partition coefficient (Wildman–Crippen LogP) is 3.03. The fourth-order valence-electron chi connectivity index (χ4n) is 2.15. The van der Waals surface area contributed by atoms with Crippen LogP contribution in [0.4, 0.5) is 0 Å². The molecule has 7 nitrogen and oxygen atoms in total. The third kappa shape index (κ3) is 14.6. The molecule has 0 spiro atoms. The van der Waals surface area contributed by atoms with Gasteiger partial charge in [-0.25, -0.2) is 5.48 Å². The number of thioether (sulfide) groups is 1. The average molecular weight is 441 g/mol. The molecule has 1 fully saturated rings. The lowest BCUT2D eigenvalue weighted by atomic mass is 10.0. The zero-order valence-electron chi connectivity index (χ0n) is 18.9. The van der Waals surface area contributed by atoms with Crippen molar-refractivity contribution in [3.8, 4) is 17.6 Å². The number of nitrogens with one attached hydrogen (secondary N) is 2. The first kappa shape index (κ1) is 32.3. The van der Waals surface area contributed by atoms with Gasteiger partial charge in [-0.3, -0.25) is 10.0 Å². The topological polar surface area (TPSA) is 105 Å². The molecule has 3 N–H and O–H groups in total. The number of aryl methyl sites for hydroxylation is 1. The molecule has 1 heterocycles. The van der Waals surface area contributed by atoms with Crippen LogP contribution in [0.3, 0.4) is 0 Å². The van der Waals surface area contributed by atoms with Crippen molar-refractivity contribution in [2.75, 3.05) is 18.9 Å². The fraction of sp³-hybridized carbons (Fsp3) is 0.500. The van der Waals surface area contributed by atoms with Gasteiger partial charge in [-0.15, -0.1) is 5.92 Å². The summed E-state index contributed by atoms with van der Waals surface area (Å²) in [5.74, 6) is 7.14. The Morgan fingerprint density at radius 2 is 1.80 bits per heavy atom. The molecule has 1 saturated heterocycles. The summed E-state index contributed by atoms with van der Waals surface area (Å²) >= 11 is 1.74. The normalized spacial score (nSPS) is 15.1. The van der Waals surface area contributed by atoms with E-state index in [9.17, 15) is 4.79 Å². The Morgan fingerprint density at radius 1 is 1.27 bits per heavy atom. The molecule has 8 heteroatoms. The molecular formula is C22H36N2O5S. The summed E-state index contributed by atoms with van der Waals surface area (Å²) in [6.45, 7) is 17.1. The number of benzene rings is 1. The summed E-state index contributed by atoms with van der Waals surface area (Å²) in [6, 6.07) is 7.64. The van der Waals surface area contributed by atoms with Gasteiger partial charge in [0.15, 0.2) is 0 Å². The van der Waals surface area contributed by atoms with E-state index in [-0.39, 0.29) is 16.7 Å². The molecule has 1 atom stereocenters. The Labute approximate surface area is 185 Å². The van der Waals surface area contributed by atoms with Crippen molar-refractivity contribution in [3.63, 3.8) is 0 Å². The molecule has 1 aliphatic heterocycles. The number of hydrogen-bond acceptors (Lipinski definition) is 7. The van der Waals surface area contributed by atoms with Gasteiger partial charge >= 0.3 is 0 Å². The van der Waals surface area contributed by atoms with E-state index in [1.165, 1.54) is 5.56 Å². The molecule has 170 valence electrons. The van der Waals surface area contributed by atoms with Gasteiger partial charge in [0, 0.05) is 17.0 Å². The first-order valence-electron chi connectivity index (χ1n) is 9.39. The molecule has 1 aromatic carbocycles. The molecule has 0 aromatic heterocycles. The minimum atomic E-state index is -0.354. The van der Waals surface area contributed by atoms with Crippen molar-refractivity contribution in [3.05, 3.63) is 29.8 Å². The van der Waals surface area contributed by atoms with Crippen LogP contribution in [-0.2, 0) is 14.4 Å². The second-order valence-corrected chi connectivity index (χ2v) is 7.59. The van der Waals surface area contributed by atoms with E-state index in [1.54, 1.807) is 24.2 Å². The van der Waals surface area contributed by atoms with Crippen LogP contribution in [0.15, 0.2) is 24.3 Å². The summed E-state index contributed by atoms with van der Waals surface area (Å²) in [7, 11) is 0. The molecule has 0 bridgehead atoms. The highest BCUT2D eigenvalue weighted by molar-refractivity contribution is 8.00. The number of hydrogen-bond donors (Lipinski definition) is 3. The number of carbonyl (C=O) groups is 3. The molecule has 0 saturated carbocycles. The number of carbonyl (C=O) groups excluding carboxylic acids is 3. The average Bonchev–Trinajstić information content (AvgIpc) is 2.79. The fourth-order valence-corrected chi connectivity index (χ4v) is 3.25. The first-order chi connectivity index (χ1) is 14.4. The smallest absolute Gasteiger partial charge is 0.261 e. The summed E-state index contributed by atoms with van der Waals surface area (Å²) in [5, 5.41) is 11.5. The van der Waals surface area contributed by atoms with Crippen LogP contribution in [0.2, 0.25) is 0 Å². The van der Waals surface area contributed by atoms with E-state index >= 15 is 0 Å². The van der Waals surface area contributed by atoms with E-state index < -0.39 is 0 Å². The van der Waals surface area contributed by atoms with E-state index in [2.05, 4.69) is 24.1 Å². The van der Waals surface area contributed by atoms with Crippen LogP contribution in [-0.4, -0.2) is 54.4 Å². The van der Waals surface area contributed by atoms with Gasteiger partial charge < -0.3 is 19.6 Å². The lowest BCUT2D eigenvalue weighted by Crippen LogP contribution is -2.57. The molecule has 0 aliphatic carbocycles. The minimum Gasteiger partial charge on any atom is -0.481 e. The maximum atomic E-state index is 11.1. The third-order valence-electron chi connectivity index (χ3n) is 3.50. The molecule has 1 aromatic rings. The van der Waals surface area contributed by atoms with Gasteiger partial charge in [-0.1, -0.05) is 37.5 Å². The largest absolute Gasteiger partial charge is 0.481 e. The Bertz CT molecular complexity index is 610. The lowest BCUT2D eigenvalue weighted by Gasteiger charge is -2.36. The van der Waals surface area contributed by atoms with Crippen molar-refractivity contribution in [2.45, 2.75) is 52.3 Å². The van der Waals surface area contributed by atoms with Gasteiger partial charge in [0.05, 0.1) is 0 Å². The molecular weight excluding hydrogens is 404 g/mol. The highest BCUT2D eigenvalue weighted by atomic mass is 32.2. The van der Waals surface area contributed by atoms with Crippen LogP contribution in [0.25, 0.3) is 0 Å². The zero-order valence-corrected chi connectivity index (χ0v) is 19.7. The number of amides is 1. The quantitative estimate of drug-likeness (QED) is 0.377. The van der Waals surface area contributed by atoms with Crippen LogP contribution < -0.4 is 15.5 Å². The van der Waals surface area contributed by atoms with E-state index in [4.69, 9.17) is 19.5 Å². The van der Waals surface area contributed by atoms with E-state index in [0.717, 1.165) is 18.0 Å². The Balaban J connectivity index is -0.000000389. The van der Waals surface area contributed by atoms with E-state index in [1.807, 2.05) is 65.5 Å². The minimum absolute atomic E-state index is 0.148. The third-order valence-corrected chi connectivity index (χ3v) is 4.89. The van der Waals surface area contributed by atoms with Gasteiger partial charge in [0.1, 0.15) is 32.0 Å². The van der Waals surface area contributed by atoms with Crippen molar-refractivity contribution < 1.29 is 24.3 Å². The molecule has 30 heavy (non-hydrogen) atoms. The highest BCUT2D eigenvalue weighted by Gasteiger charge is 2.37. The zero-order chi connectivity index (χ0) is 24.0. The van der Waals surface area contributed by atoms with Gasteiger partial charge in [0.25, 0.3) is 5.91 Å². The van der Waals surface area contributed by atoms with Crippen molar-refractivity contribution in [1.82, 2.24) is 10.8 Å². The first-order valence-corrected chi connectivity index (χ1v) is 10.4. The number of rotatable bonds is 3. The Morgan fingerprint density at radius 3 is 2.23 bits per heavy atom. The van der Waals surface area contributed by atoms with Crippen molar-refractivity contribution >= 4 is 31.2 Å². The maximum Gasteiger partial charge on any atom is 0.261 e. The Hall–Kier alpha value is -2.34. The van der Waals surface area contributed by atoms with Crippen LogP contribution in [0.1, 0.15) is 40.2 Å². The maximum absolute atomic E-state index is 11.1. The van der Waals surface area contributed by atoms with Crippen LogP contribution >= 0.6 is 11.8 Å². The summed E-state index contributed by atoms with van der Waals surface area (Å²) in [4.78, 5) is 27.1. The highest BCUT2D eigenvalue weighted by Crippen LogP contribution is 2.30. The predicted molar refractivity (Wildman–Crippen MR) is 124 cm³/mol. The van der Waals surface area contributed by atoms with Gasteiger partial charge in [-0.05, 0) is 39.8 Å². The summed E-state index contributed by atoms with van der Waals surface area (Å²) < 4.78 is 5.18. The molecule has 0 radical (unpaired) electrons. The summed E-state index contributed by atoms with van der Waals surface area (Å²) in [6.07, 6.45) is 0. The molecule has 1 amide bonds. The second kappa shape index (κ2) is 21.4. The Kier molecular flexibility index (Phi) is 23.0. The van der Waals surface area contributed by atoms with Gasteiger partial charge in [0.2, 0.25) is 0 Å². The van der Waals surface area contributed by atoms with Crippen LogP contribution in [0, 0.1) is 18.8 Å². The van der Waals surface area contributed by atoms with E-state index in [0.29, 0.717) is 6.61 Å². The lowest BCUT2D eigenvalue weighted by molar-refractivity contribution is -0.132. The van der Waals surface area contributed by atoms with Crippen molar-refractivity contribution in [2.24, 2.45) is 0 Å². The molecule has 1 aliphatic rings. The van der Waals surface area contributed by atoms with Crippen molar-refractivity contribution in [1.29, 1.82) is 0 Å². The standard InChI is InChI=1S/C11H12O.C7H14N2O2S.C2H6.2CH2O/c1-3-4-9-12-11-7-5-10(2)6-8-11;1-7(2)5(6(10)9-11)8-3-4-12-7;3*1-2/h5-8H,9H2,1-2H3;5,8,11H,3-4H2,1-2H3,(H,9,10);1-2H3;2*1H2. The SMILES string of the molecule is C=O.C=O.CC.CC#CCOc1ccc(C)cc1.CC1(C)SCCNC1C(=O)NO. The number of hydroxylamine groups is 1. The molecule has 1 unspecified atom stereocenters. The van der Waals surface area contributed by atoms with Gasteiger partial charge in [-0.2, -0.15) is 11.8 Å². The monoisotopic (exact) mass is 440 g/mol. The second-order valence-electron chi connectivity index (χ2n) is 5.84. The number of ether oxygens (including phenoxy) is 1. The summed E-state index contributed by atoms with van der Waals surface area (Å²) in [5.41, 5.74) is 2.92.